The van der Waals surface area contributed by atoms with Crippen molar-refractivity contribution in [3.8, 4) is 0 Å². The largest absolute Gasteiger partial charge is 0.356 e. The van der Waals surface area contributed by atoms with Gasteiger partial charge in [-0.1, -0.05) is 24.3 Å². The summed E-state index contributed by atoms with van der Waals surface area (Å²) in [5, 5.41) is 0. The molecular formula is C15H19N5. The SMILES string of the molecule is Cc1cc(N2CCc3ccccc3CC2)nc(NN)n1. The van der Waals surface area contributed by atoms with E-state index in [1.165, 1.54) is 11.1 Å². The minimum Gasteiger partial charge on any atom is -0.356 e. The predicted molar refractivity (Wildman–Crippen MR) is 80.6 cm³/mol. The van der Waals surface area contributed by atoms with Crippen molar-refractivity contribution in [1.82, 2.24) is 9.97 Å². The van der Waals surface area contributed by atoms with Crippen molar-refractivity contribution >= 4 is 11.8 Å². The number of aryl methyl sites for hydroxylation is 1. The summed E-state index contributed by atoms with van der Waals surface area (Å²) in [6.07, 6.45) is 2.09. The van der Waals surface area contributed by atoms with Crippen molar-refractivity contribution in [2.45, 2.75) is 19.8 Å². The molecule has 3 rings (SSSR count). The first kappa shape index (κ1) is 12.9. The number of fused-ring (bicyclic) bond motifs is 1. The molecule has 2 heterocycles. The van der Waals surface area contributed by atoms with E-state index in [1.54, 1.807) is 0 Å². The molecule has 1 aromatic heterocycles. The number of nitrogens with two attached hydrogens (primary N) is 1. The topological polar surface area (TPSA) is 67.1 Å². The Morgan fingerprint density at radius 1 is 1.10 bits per heavy atom. The molecule has 0 saturated heterocycles. The van der Waals surface area contributed by atoms with Gasteiger partial charge in [0.2, 0.25) is 5.95 Å². The number of hydrazine groups is 1. The number of hydrogen-bond acceptors (Lipinski definition) is 5. The lowest BCUT2D eigenvalue weighted by molar-refractivity contribution is 0.787. The minimum atomic E-state index is 0.474. The highest BCUT2D eigenvalue weighted by molar-refractivity contribution is 5.46. The maximum absolute atomic E-state index is 5.42. The first-order valence-electron chi connectivity index (χ1n) is 6.90. The normalized spacial score (nSPS) is 14.6. The van der Waals surface area contributed by atoms with E-state index in [2.05, 4.69) is 44.6 Å². The fourth-order valence-corrected chi connectivity index (χ4v) is 2.68. The van der Waals surface area contributed by atoms with Crippen LogP contribution in [0.25, 0.3) is 0 Å². The van der Waals surface area contributed by atoms with Gasteiger partial charge in [0.1, 0.15) is 5.82 Å². The van der Waals surface area contributed by atoms with Gasteiger partial charge in [-0.2, -0.15) is 4.98 Å². The molecule has 0 aliphatic carbocycles. The molecule has 0 saturated carbocycles. The zero-order chi connectivity index (χ0) is 13.9. The van der Waals surface area contributed by atoms with Gasteiger partial charge in [-0.15, -0.1) is 0 Å². The van der Waals surface area contributed by atoms with Crippen LogP contribution in [0.3, 0.4) is 0 Å². The molecule has 1 aromatic carbocycles. The van der Waals surface area contributed by atoms with Crippen LogP contribution in [0.1, 0.15) is 16.8 Å². The fourth-order valence-electron chi connectivity index (χ4n) is 2.68. The Morgan fingerprint density at radius 3 is 2.35 bits per heavy atom. The quantitative estimate of drug-likeness (QED) is 0.641. The number of anilines is 2. The monoisotopic (exact) mass is 269 g/mol. The van der Waals surface area contributed by atoms with Crippen LogP contribution in [0.2, 0.25) is 0 Å². The maximum atomic E-state index is 5.42. The number of aromatic nitrogens is 2. The second kappa shape index (κ2) is 5.46. The third kappa shape index (κ3) is 2.58. The summed E-state index contributed by atoms with van der Waals surface area (Å²) in [5.74, 6) is 6.84. The average molecular weight is 269 g/mol. The number of nitrogen functional groups attached to an aromatic ring is 1. The Kier molecular flexibility index (Phi) is 3.52. The molecule has 0 unspecified atom stereocenters. The van der Waals surface area contributed by atoms with Crippen molar-refractivity contribution in [2.75, 3.05) is 23.4 Å². The van der Waals surface area contributed by atoms with Gasteiger partial charge in [-0.3, -0.25) is 5.43 Å². The van der Waals surface area contributed by atoms with Crippen LogP contribution in [0, 0.1) is 6.92 Å². The fraction of sp³-hybridized carbons (Fsp3) is 0.333. The number of rotatable bonds is 2. The lowest BCUT2D eigenvalue weighted by Gasteiger charge is -2.22. The third-order valence-electron chi connectivity index (χ3n) is 3.71. The number of nitrogens with one attached hydrogen (secondary N) is 1. The number of hydrogen-bond donors (Lipinski definition) is 2. The van der Waals surface area contributed by atoms with E-state index < -0.39 is 0 Å². The van der Waals surface area contributed by atoms with Gasteiger partial charge in [0.15, 0.2) is 0 Å². The second-order valence-electron chi connectivity index (χ2n) is 5.09. The van der Waals surface area contributed by atoms with Crippen molar-refractivity contribution in [3.63, 3.8) is 0 Å². The molecule has 5 nitrogen and oxygen atoms in total. The molecule has 3 N–H and O–H groups in total. The highest BCUT2D eigenvalue weighted by atomic mass is 15.3. The van der Waals surface area contributed by atoms with Gasteiger partial charge in [0.25, 0.3) is 0 Å². The van der Waals surface area contributed by atoms with Gasteiger partial charge in [-0.05, 0) is 30.9 Å². The molecule has 104 valence electrons. The Balaban J connectivity index is 1.85. The van der Waals surface area contributed by atoms with Crippen LogP contribution < -0.4 is 16.2 Å². The minimum absolute atomic E-state index is 0.474. The smallest absolute Gasteiger partial charge is 0.239 e. The number of nitrogens with zero attached hydrogens (tertiary/aromatic N) is 3. The summed E-state index contributed by atoms with van der Waals surface area (Å²) >= 11 is 0. The first-order chi connectivity index (χ1) is 9.76. The molecule has 1 aliphatic rings. The Morgan fingerprint density at radius 2 is 1.75 bits per heavy atom. The van der Waals surface area contributed by atoms with Crippen LogP contribution in [0.4, 0.5) is 11.8 Å². The van der Waals surface area contributed by atoms with Crippen LogP contribution >= 0.6 is 0 Å². The summed E-state index contributed by atoms with van der Waals surface area (Å²) in [6.45, 7) is 3.90. The highest BCUT2D eigenvalue weighted by Crippen LogP contribution is 2.20. The van der Waals surface area contributed by atoms with Crippen molar-refractivity contribution in [3.05, 3.63) is 47.2 Å². The molecule has 0 fully saturated rings. The zero-order valence-corrected chi connectivity index (χ0v) is 11.6. The van der Waals surface area contributed by atoms with Gasteiger partial charge >= 0.3 is 0 Å². The van der Waals surface area contributed by atoms with Crippen molar-refractivity contribution in [2.24, 2.45) is 5.84 Å². The summed E-state index contributed by atoms with van der Waals surface area (Å²) in [7, 11) is 0. The van der Waals surface area contributed by atoms with Gasteiger partial charge < -0.3 is 4.90 Å². The van der Waals surface area contributed by atoms with Crippen LogP contribution in [-0.4, -0.2) is 23.1 Å². The molecule has 1 aliphatic heterocycles. The molecule has 0 spiro atoms. The van der Waals surface area contributed by atoms with Crippen LogP contribution in [-0.2, 0) is 12.8 Å². The predicted octanol–water partition coefficient (Wildman–Crippen LogP) is 1.68. The highest BCUT2D eigenvalue weighted by Gasteiger charge is 2.15. The van der Waals surface area contributed by atoms with E-state index in [9.17, 15) is 0 Å². The summed E-state index contributed by atoms with van der Waals surface area (Å²) in [5.41, 5.74) is 6.34. The molecule has 0 amide bonds. The van der Waals surface area contributed by atoms with E-state index in [1.807, 2.05) is 13.0 Å². The molecule has 5 heteroatoms. The molecular weight excluding hydrogens is 250 g/mol. The maximum Gasteiger partial charge on any atom is 0.239 e. The summed E-state index contributed by atoms with van der Waals surface area (Å²) in [4.78, 5) is 11.0. The summed E-state index contributed by atoms with van der Waals surface area (Å²) in [6, 6.07) is 10.7. The van der Waals surface area contributed by atoms with Gasteiger partial charge in [0, 0.05) is 24.8 Å². The molecule has 0 radical (unpaired) electrons. The van der Waals surface area contributed by atoms with Gasteiger partial charge in [0.05, 0.1) is 0 Å². The Bertz CT molecular complexity index is 584. The Hall–Kier alpha value is -2.14. The van der Waals surface area contributed by atoms with Crippen molar-refractivity contribution in [1.29, 1.82) is 0 Å². The van der Waals surface area contributed by atoms with E-state index in [-0.39, 0.29) is 0 Å². The third-order valence-corrected chi connectivity index (χ3v) is 3.71. The standard InChI is InChI=1S/C15H19N5/c1-11-10-14(18-15(17-11)19-16)20-8-6-12-4-2-3-5-13(12)7-9-20/h2-5,10H,6-9,16H2,1H3,(H,17,18,19). The van der Waals surface area contributed by atoms with Gasteiger partial charge in [-0.25, -0.2) is 10.8 Å². The van der Waals surface area contributed by atoms with Crippen LogP contribution in [0.5, 0.6) is 0 Å². The average Bonchev–Trinajstić information content (AvgIpc) is 2.69. The Labute approximate surface area is 118 Å². The summed E-state index contributed by atoms with van der Waals surface area (Å²) < 4.78 is 0. The molecule has 2 aromatic rings. The number of benzene rings is 1. The van der Waals surface area contributed by atoms with Crippen molar-refractivity contribution < 1.29 is 0 Å². The van der Waals surface area contributed by atoms with E-state index in [0.717, 1.165) is 37.4 Å². The lowest BCUT2D eigenvalue weighted by atomic mass is 10.0. The van der Waals surface area contributed by atoms with E-state index in [0.29, 0.717) is 5.95 Å². The lowest BCUT2D eigenvalue weighted by Crippen LogP contribution is -2.27. The second-order valence-corrected chi connectivity index (χ2v) is 5.09. The first-order valence-corrected chi connectivity index (χ1v) is 6.90. The molecule has 0 atom stereocenters. The van der Waals surface area contributed by atoms with E-state index >= 15 is 0 Å². The molecule has 0 bridgehead atoms. The van der Waals surface area contributed by atoms with E-state index in [4.69, 9.17) is 5.84 Å². The zero-order valence-electron chi connectivity index (χ0n) is 11.6. The molecule has 20 heavy (non-hydrogen) atoms. The van der Waals surface area contributed by atoms with Crippen LogP contribution in [0.15, 0.2) is 30.3 Å².